The first kappa shape index (κ1) is 18.1. The van der Waals surface area contributed by atoms with Crippen molar-refractivity contribution in [2.75, 3.05) is 10.6 Å². The van der Waals surface area contributed by atoms with Crippen molar-refractivity contribution in [3.63, 3.8) is 0 Å². The van der Waals surface area contributed by atoms with Crippen LogP contribution in [0.4, 0.5) is 24.5 Å². The molecule has 1 aromatic heterocycles. The number of anilines is 2. The molecule has 0 fully saturated rings. The summed E-state index contributed by atoms with van der Waals surface area (Å²) in [5, 5.41) is 4.89. The number of halogens is 3. The highest BCUT2D eigenvalue weighted by molar-refractivity contribution is 6.06. The molecule has 3 aromatic rings. The highest BCUT2D eigenvalue weighted by atomic mass is 19.2. The fraction of sp³-hybridized carbons (Fsp3) is 0. The van der Waals surface area contributed by atoms with Crippen LogP contribution >= 0.6 is 0 Å². The molecule has 3 rings (SSSR count). The first-order chi connectivity index (χ1) is 12.9. The molecule has 1 heterocycles. The summed E-state index contributed by atoms with van der Waals surface area (Å²) in [6.45, 7) is 0. The number of nitrogens with zero attached hydrogens (tertiary/aromatic N) is 1. The highest BCUT2D eigenvalue weighted by Gasteiger charge is 2.14. The number of pyridine rings is 1. The molecule has 0 spiro atoms. The highest BCUT2D eigenvalue weighted by Crippen LogP contribution is 2.14. The van der Waals surface area contributed by atoms with Crippen LogP contribution in [0.15, 0.2) is 60.7 Å². The number of amides is 2. The molecule has 8 heteroatoms. The molecule has 0 saturated carbocycles. The first-order valence-electron chi connectivity index (χ1n) is 7.73. The second kappa shape index (κ2) is 7.69. The van der Waals surface area contributed by atoms with E-state index in [2.05, 4.69) is 15.6 Å². The third-order valence-electron chi connectivity index (χ3n) is 3.49. The lowest BCUT2D eigenvalue weighted by Crippen LogP contribution is -2.18. The van der Waals surface area contributed by atoms with Crippen LogP contribution in [-0.4, -0.2) is 16.8 Å². The molecule has 0 aliphatic rings. The van der Waals surface area contributed by atoms with Gasteiger partial charge in [-0.15, -0.1) is 0 Å². The van der Waals surface area contributed by atoms with E-state index in [9.17, 15) is 22.8 Å². The minimum absolute atomic E-state index is 0.0434. The van der Waals surface area contributed by atoms with Gasteiger partial charge in [0.15, 0.2) is 11.6 Å². The Labute approximate surface area is 151 Å². The van der Waals surface area contributed by atoms with Crippen LogP contribution in [0.3, 0.4) is 0 Å². The van der Waals surface area contributed by atoms with E-state index in [0.29, 0.717) is 5.69 Å². The topological polar surface area (TPSA) is 71.1 Å². The Kier molecular flexibility index (Phi) is 5.16. The maximum Gasteiger partial charge on any atom is 0.274 e. The molecule has 2 aromatic carbocycles. The quantitative estimate of drug-likeness (QED) is 0.728. The van der Waals surface area contributed by atoms with Crippen molar-refractivity contribution in [3.05, 3.63) is 89.5 Å². The zero-order valence-corrected chi connectivity index (χ0v) is 13.7. The maximum absolute atomic E-state index is 13.2. The third-order valence-corrected chi connectivity index (χ3v) is 3.49. The summed E-state index contributed by atoms with van der Waals surface area (Å²) < 4.78 is 39.1. The maximum atomic E-state index is 13.2. The molecular weight excluding hydrogens is 359 g/mol. The molecule has 27 heavy (non-hydrogen) atoms. The van der Waals surface area contributed by atoms with Crippen LogP contribution in [0.5, 0.6) is 0 Å². The van der Waals surface area contributed by atoms with Gasteiger partial charge in [-0.1, -0.05) is 6.07 Å². The van der Waals surface area contributed by atoms with Crippen molar-refractivity contribution >= 4 is 23.2 Å². The number of hydrogen-bond donors (Lipinski definition) is 2. The molecule has 0 unspecified atom stereocenters. The van der Waals surface area contributed by atoms with Crippen LogP contribution in [-0.2, 0) is 0 Å². The minimum Gasteiger partial charge on any atom is -0.321 e. The van der Waals surface area contributed by atoms with Crippen molar-refractivity contribution in [1.29, 1.82) is 0 Å². The minimum atomic E-state index is -1.10. The molecule has 0 saturated heterocycles. The van der Waals surface area contributed by atoms with E-state index in [0.717, 1.165) is 12.1 Å². The average molecular weight is 371 g/mol. The van der Waals surface area contributed by atoms with Gasteiger partial charge in [0.2, 0.25) is 0 Å². The fourth-order valence-corrected chi connectivity index (χ4v) is 2.18. The number of nitrogens with one attached hydrogen (secondary N) is 2. The summed E-state index contributed by atoms with van der Waals surface area (Å²) >= 11 is 0. The van der Waals surface area contributed by atoms with Crippen molar-refractivity contribution in [1.82, 2.24) is 4.98 Å². The average Bonchev–Trinajstić information content (AvgIpc) is 2.66. The number of benzene rings is 2. The van der Waals surface area contributed by atoms with Gasteiger partial charge in [-0.2, -0.15) is 0 Å². The van der Waals surface area contributed by atoms with Crippen LogP contribution in [0.2, 0.25) is 0 Å². The van der Waals surface area contributed by atoms with Gasteiger partial charge in [0.25, 0.3) is 11.8 Å². The zero-order valence-electron chi connectivity index (χ0n) is 13.7. The molecule has 0 aliphatic heterocycles. The van der Waals surface area contributed by atoms with E-state index < -0.39 is 29.3 Å². The molecule has 0 bridgehead atoms. The van der Waals surface area contributed by atoms with Gasteiger partial charge in [-0.25, -0.2) is 18.2 Å². The lowest BCUT2D eigenvalue weighted by molar-refractivity contribution is 0.101. The Morgan fingerprint density at radius 3 is 1.85 bits per heavy atom. The predicted molar refractivity (Wildman–Crippen MR) is 92.9 cm³/mol. The van der Waals surface area contributed by atoms with Gasteiger partial charge >= 0.3 is 0 Å². The van der Waals surface area contributed by atoms with Gasteiger partial charge in [0, 0.05) is 17.4 Å². The fourth-order valence-electron chi connectivity index (χ4n) is 2.18. The summed E-state index contributed by atoms with van der Waals surface area (Å²) in [4.78, 5) is 28.4. The summed E-state index contributed by atoms with van der Waals surface area (Å²) in [6.07, 6.45) is 0. The zero-order chi connectivity index (χ0) is 19.4. The van der Waals surface area contributed by atoms with Gasteiger partial charge in [-0.3, -0.25) is 9.59 Å². The Hall–Kier alpha value is -3.68. The molecule has 5 nitrogen and oxygen atoms in total. The monoisotopic (exact) mass is 371 g/mol. The van der Waals surface area contributed by atoms with E-state index in [1.807, 2.05) is 0 Å². The normalized spacial score (nSPS) is 10.3. The smallest absolute Gasteiger partial charge is 0.274 e. The molecule has 2 amide bonds. The van der Waals surface area contributed by atoms with Crippen molar-refractivity contribution < 1.29 is 22.8 Å². The molecule has 0 atom stereocenters. The summed E-state index contributed by atoms with van der Waals surface area (Å²) in [5.41, 5.74) is 0.269. The van der Waals surface area contributed by atoms with E-state index in [1.165, 1.54) is 48.5 Å². The predicted octanol–water partition coefficient (Wildman–Crippen LogP) is 4.00. The summed E-state index contributed by atoms with van der Waals surface area (Å²) in [6, 6.07) is 12.3. The lowest BCUT2D eigenvalue weighted by atomic mass is 10.2. The van der Waals surface area contributed by atoms with Gasteiger partial charge < -0.3 is 10.6 Å². The first-order valence-corrected chi connectivity index (χ1v) is 7.73. The number of hydrogen-bond acceptors (Lipinski definition) is 3. The Balaban J connectivity index is 1.73. The van der Waals surface area contributed by atoms with Crippen LogP contribution in [0.25, 0.3) is 0 Å². The van der Waals surface area contributed by atoms with Crippen LogP contribution in [0.1, 0.15) is 21.0 Å². The standard InChI is InChI=1S/C19H12F3N3O2/c20-11-4-6-12(7-5-11)23-18(26)16-2-1-3-17(25-16)19(27)24-13-8-9-14(21)15(22)10-13/h1-10H,(H,23,26)(H,24,27). The number of aromatic nitrogens is 1. The third kappa shape index (κ3) is 4.49. The molecule has 0 aliphatic carbocycles. The lowest BCUT2D eigenvalue weighted by Gasteiger charge is -2.08. The number of carbonyl (C=O) groups is 2. The largest absolute Gasteiger partial charge is 0.321 e. The molecule has 0 radical (unpaired) electrons. The molecular formula is C19H12F3N3O2. The van der Waals surface area contributed by atoms with E-state index in [1.54, 1.807) is 0 Å². The van der Waals surface area contributed by atoms with Gasteiger partial charge in [0.1, 0.15) is 17.2 Å². The number of carbonyl (C=O) groups excluding carboxylic acids is 2. The Bertz CT molecular complexity index is 1010. The van der Waals surface area contributed by atoms with E-state index in [4.69, 9.17) is 0 Å². The Morgan fingerprint density at radius 1 is 0.704 bits per heavy atom. The molecule has 2 N–H and O–H groups in total. The SMILES string of the molecule is O=C(Nc1ccc(F)cc1)c1cccc(C(=O)Nc2ccc(F)c(F)c2)n1. The van der Waals surface area contributed by atoms with Crippen LogP contribution < -0.4 is 10.6 Å². The van der Waals surface area contributed by atoms with Gasteiger partial charge in [0.05, 0.1) is 0 Å². The second-order valence-electron chi connectivity index (χ2n) is 5.45. The summed E-state index contributed by atoms with van der Waals surface area (Å²) in [7, 11) is 0. The molecule has 136 valence electrons. The number of rotatable bonds is 4. The van der Waals surface area contributed by atoms with E-state index in [-0.39, 0.29) is 17.1 Å². The van der Waals surface area contributed by atoms with E-state index >= 15 is 0 Å². The van der Waals surface area contributed by atoms with Crippen molar-refractivity contribution in [2.45, 2.75) is 0 Å². The van der Waals surface area contributed by atoms with Gasteiger partial charge in [-0.05, 0) is 48.5 Å². The Morgan fingerprint density at radius 2 is 1.26 bits per heavy atom. The second-order valence-corrected chi connectivity index (χ2v) is 5.45. The van der Waals surface area contributed by atoms with Crippen LogP contribution in [0, 0.1) is 17.5 Å². The summed E-state index contributed by atoms with van der Waals surface area (Å²) in [5.74, 6) is -3.87. The van der Waals surface area contributed by atoms with Crippen molar-refractivity contribution in [2.24, 2.45) is 0 Å². The van der Waals surface area contributed by atoms with Crippen molar-refractivity contribution in [3.8, 4) is 0 Å².